The number of anilines is 1. The monoisotopic (exact) mass is 404 g/mol. The molecule has 0 saturated heterocycles. The Balaban J connectivity index is 1.54. The summed E-state index contributed by atoms with van der Waals surface area (Å²) in [5.41, 5.74) is 1.91. The van der Waals surface area contributed by atoms with Gasteiger partial charge in [0.05, 0.1) is 25.5 Å². The molecule has 0 radical (unpaired) electrons. The number of benzene rings is 2. The molecule has 0 aliphatic rings. The number of para-hydroxylation sites is 1. The van der Waals surface area contributed by atoms with E-state index in [1.54, 1.807) is 43.7 Å². The van der Waals surface area contributed by atoms with Crippen LogP contribution in [0.3, 0.4) is 0 Å². The molecule has 7 nitrogen and oxygen atoms in total. The molecule has 0 aliphatic carbocycles. The van der Waals surface area contributed by atoms with E-state index in [1.807, 2.05) is 24.3 Å². The largest absolute Gasteiger partial charge is 0.497 e. The quantitative estimate of drug-likeness (QED) is 0.453. The second kappa shape index (κ2) is 8.57. The maximum Gasteiger partial charge on any atom is 0.336 e. The average molecular weight is 404 g/mol. The fraction of sp³-hybridized carbons (Fsp3) is 0.130. The van der Waals surface area contributed by atoms with E-state index in [2.05, 4.69) is 10.6 Å². The third kappa shape index (κ3) is 4.20. The molecule has 152 valence electrons. The molecule has 2 heterocycles. The molecule has 1 amide bonds. The van der Waals surface area contributed by atoms with Gasteiger partial charge in [-0.1, -0.05) is 12.1 Å². The molecule has 0 fully saturated rings. The summed E-state index contributed by atoms with van der Waals surface area (Å²) in [5, 5.41) is 6.89. The van der Waals surface area contributed by atoms with Crippen molar-refractivity contribution in [1.29, 1.82) is 0 Å². The lowest BCUT2D eigenvalue weighted by atomic mass is 10.1. The lowest BCUT2D eigenvalue weighted by molar-refractivity contribution is 0.0949. The van der Waals surface area contributed by atoms with Crippen molar-refractivity contribution in [3.8, 4) is 5.75 Å². The van der Waals surface area contributed by atoms with E-state index >= 15 is 0 Å². The molecule has 2 aromatic carbocycles. The maximum atomic E-state index is 12.6. The van der Waals surface area contributed by atoms with Crippen LogP contribution in [0, 0.1) is 0 Å². The van der Waals surface area contributed by atoms with Crippen LogP contribution in [0.25, 0.3) is 11.0 Å². The zero-order valence-electron chi connectivity index (χ0n) is 16.3. The van der Waals surface area contributed by atoms with E-state index < -0.39 is 5.63 Å². The number of hydrogen-bond donors (Lipinski definition) is 2. The summed E-state index contributed by atoms with van der Waals surface area (Å²) in [5.74, 6) is 1.05. The van der Waals surface area contributed by atoms with Gasteiger partial charge in [-0.05, 0) is 42.0 Å². The minimum absolute atomic E-state index is 0.225. The number of rotatable bonds is 7. The Labute approximate surface area is 172 Å². The minimum atomic E-state index is -0.447. The van der Waals surface area contributed by atoms with Gasteiger partial charge in [-0.2, -0.15) is 0 Å². The molecule has 0 bridgehead atoms. The summed E-state index contributed by atoms with van der Waals surface area (Å²) in [6, 6.07) is 17.5. The number of carbonyl (C=O) groups is 1. The van der Waals surface area contributed by atoms with Crippen molar-refractivity contribution < 1.29 is 18.4 Å². The summed E-state index contributed by atoms with van der Waals surface area (Å²) in [6.07, 6.45) is 1.56. The first-order valence-corrected chi connectivity index (χ1v) is 9.38. The van der Waals surface area contributed by atoms with Gasteiger partial charge in [-0.3, -0.25) is 4.79 Å². The summed E-state index contributed by atoms with van der Waals surface area (Å²) in [7, 11) is 1.55. The molecule has 4 rings (SSSR count). The van der Waals surface area contributed by atoms with Gasteiger partial charge in [-0.25, -0.2) is 4.79 Å². The fourth-order valence-electron chi connectivity index (χ4n) is 3.18. The highest BCUT2D eigenvalue weighted by Gasteiger charge is 2.12. The number of methoxy groups -OCH3 is 1. The van der Waals surface area contributed by atoms with Crippen molar-refractivity contribution in [2.45, 2.75) is 13.1 Å². The van der Waals surface area contributed by atoms with Crippen LogP contribution in [-0.2, 0) is 13.1 Å². The molecule has 2 aromatic heterocycles. The van der Waals surface area contributed by atoms with E-state index in [4.69, 9.17) is 13.6 Å². The SMILES string of the molecule is COc1ccc2c(CNc3ccccc3C(=O)NCc3ccco3)cc(=O)oc2c1. The lowest BCUT2D eigenvalue weighted by Gasteiger charge is -2.13. The predicted molar refractivity (Wildman–Crippen MR) is 113 cm³/mol. The summed E-state index contributed by atoms with van der Waals surface area (Å²) >= 11 is 0. The van der Waals surface area contributed by atoms with Gasteiger partial charge in [0.1, 0.15) is 17.1 Å². The van der Waals surface area contributed by atoms with Crippen LogP contribution in [0.15, 0.2) is 80.6 Å². The van der Waals surface area contributed by atoms with Gasteiger partial charge in [-0.15, -0.1) is 0 Å². The van der Waals surface area contributed by atoms with Gasteiger partial charge in [0, 0.05) is 29.8 Å². The van der Waals surface area contributed by atoms with Crippen molar-refractivity contribution in [3.63, 3.8) is 0 Å². The Kier molecular flexibility index (Phi) is 5.52. The lowest BCUT2D eigenvalue weighted by Crippen LogP contribution is -2.23. The molecule has 2 N–H and O–H groups in total. The highest BCUT2D eigenvalue weighted by Crippen LogP contribution is 2.24. The number of carbonyl (C=O) groups excluding carboxylic acids is 1. The smallest absolute Gasteiger partial charge is 0.336 e. The third-order valence-electron chi connectivity index (χ3n) is 4.68. The van der Waals surface area contributed by atoms with Gasteiger partial charge >= 0.3 is 5.63 Å². The van der Waals surface area contributed by atoms with Crippen molar-refractivity contribution in [1.82, 2.24) is 5.32 Å². The molecule has 0 spiro atoms. The molecule has 0 atom stereocenters. The van der Waals surface area contributed by atoms with Gasteiger partial charge in [0.25, 0.3) is 5.91 Å². The molecular formula is C23H20N2O5. The number of amides is 1. The Morgan fingerprint density at radius 3 is 2.70 bits per heavy atom. The molecule has 0 aliphatic heterocycles. The highest BCUT2D eigenvalue weighted by molar-refractivity contribution is 5.99. The first kappa shape index (κ1) is 19.3. The first-order valence-electron chi connectivity index (χ1n) is 9.38. The van der Waals surface area contributed by atoms with E-state index in [1.165, 1.54) is 6.07 Å². The maximum absolute atomic E-state index is 12.6. The van der Waals surface area contributed by atoms with Gasteiger partial charge in [0.15, 0.2) is 0 Å². The summed E-state index contributed by atoms with van der Waals surface area (Å²) in [4.78, 5) is 24.6. The van der Waals surface area contributed by atoms with Gasteiger partial charge < -0.3 is 24.2 Å². The van der Waals surface area contributed by atoms with Crippen molar-refractivity contribution in [3.05, 3.63) is 94.2 Å². The van der Waals surface area contributed by atoms with Crippen LogP contribution in [0.1, 0.15) is 21.7 Å². The molecule has 0 saturated carbocycles. The van der Waals surface area contributed by atoms with Crippen LogP contribution in [-0.4, -0.2) is 13.0 Å². The van der Waals surface area contributed by atoms with Crippen LogP contribution in [0.4, 0.5) is 5.69 Å². The molecule has 4 aromatic rings. The normalized spacial score (nSPS) is 10.7. The van der Waals surface area contributed by atoms with Crippen LogP contribution in [0.5, 0.6) is 5.75 Å². The van der Waals surface area contributed by atoms with E-state index in [0.29, 0.717) is 41.4 Å². The number of nitrogens with one attached hydrogen (secondary N) is 2. The minimum Gasteiger partial charge on any atom is -0.497 e. The second-order valence-electron chi connectivity index (χ2n) is 6.61. The second-order valence-corrected chi connectivity index (χ2v) is 6.61. The van der Waals surface area contributed by atoms with E-state index in [0.717, 1.165) is 10.9 Å². The van der Waals surface area contributed by atoms with Crippen LogP contribution >= 0.6 is 0 Å². The molecule has 30 heavy (non-hydrogen) atoms. The molecular weight excluding hydrogens is 384 g/mol. The molecule has 0 unspecified atom stereocenters. The predicted octanol–water partition coefficient (Wildman–Crippen LogP) is 3.94. The Morgan fingerprint density at radius 2 is 1.90 bits per heavy atom. The topological polar surface area (TPSA) is 93.7 Å². The van der Waals surface area contributed by atoms with E-state index in [-0.39, 0.29) is 5.91 Å². The highest BCUT2D eigenvalue weighted by atomic mass is 16.5. The number of furan rings is 1. The summed E-state index contributed by atoms with van der Waals surface area (Å²) < 4.78 is 15.7. The first-order chi connectivity index (χ1) is 14.6. The number of ether oxygens (including phenoxy) is 1. The average Bonchev–Trinajstić information content (AvgIpc) is 3.29. The van der Waals surface area contributed by atoms with Crippen molar-refractivity contribution >= 4 is 22.6 Å². The number of hydrogen-bond acceptors (Lipinski definition) is 6. The van der Waals surface area contributed by atoms with Crippen molar-refractivity contribution in [2.24, 2.45) is 0 Å². The third-order valence-corrected chi connectivity index (χ3v) is 4.68. The Morgan fingerprint density at radius 1 is 1.03 bits per heavy atom. The summed E-state index contributed by atoms with van der Waals surface area (Å²) in [6.45, 7) is 0.642. The Bertz CT molecular complexity index is 1230. The van der Waals surface area contributed by atoms with Crippen LogP contribution < -0.4 is 21.0 Å². The standard InChI is InChI=1S/C23H20N2O5/c1-28-16-8-9-18-15(11-22(26)30-21(18)12-16)13-24-20-7-3-2-6-19(20)23(27)25-14-17-5-4-10-29-17/h2-12,24H,13-14H2,1H3,(H,25,27). The number of fused-ring (bicyclic) bond motifs is 1. The van der Waals surface area contributed by atoms with Gasteiger partial charge in [0.2, 0.25) is 0 Å². The van der Waals surface area contributed by atoms with Crippen molar-refractivity contribution in [2.75, 3.05) is 12.4 Å². The fourth-order valence-corrected chi connectivity index (χ4v) is 3.18. The molecule has 7 heteroatoms. The Hall–Kier alpha value is -4.00. The zero-order chi connectivity index (χ0) is 20.9. The zero-order valence-corrected chi connectivity index (χ0v) is 16.3. The van der Waals surface area contributed by atoms with Crippen LogP contribution in [0.2, 0.25) is 0 Å². The van der Waals surface area contributed by atoms with E-state index in [9.17, 15) is 9.59 Å².